The van der Waals surface area contributed by atoms with Crippen molar-refractivity contribution >= 4 is 0 Å². The molecule has 18 heavy (non-hydrogen) atoms. The predicted molar refractivity (Wildman–Crippen MR) is 76.5 cm³/mol. The molecule has 0 saturated carbocycles. The second-order valence-electron chi connectivity index (χ2n) is 5.07. The average Bonchev–Trinajstić information content (AvgIpc) is 2.81. The van der Waals surface area contributed by atoms with E-state index in [4.69, 9.17) is 5.73 Å². The van der Waals surface area contributed by atoms with E-state index in [-0.39, 0.29) is 6.04 Å². The Labute approximate surface area is 109 Å². The first kappa shape index (κ1) is 11.5. The molecule has 1 atom stereocenters. The molecule has 0 aliphatic heterocycles. The van der Waals surface area contributed by atoms with Crippen LogP contribution in [0.15, 0.2) is 42.5 Å². The van der Waals surface area contributed by atoms with Crippen molar-refractivity contribution in [1.82, 2.24) is 0 Å². The van der Waals surface area contributed by atoms with Crippen molar-refractivity contribution < 1.29 is 0 Å². The summed E-state index contributed by atoms with van der Waals surface area (Å²) < 4.78 is 0. The third kappa shape index (κ3) is 1.85. The number of nitrogens with two attached hydrogens (primary N) is 1. The van der Waals surface area contributed by atoms with E-state index in [1.54, 1.807) is 0 Å². The first-order chi connectivity index (χ1) is 8.79. The van der Waals surface area contributed by atoms with Gasteiger partial charge in [-0.1, -0.05) is 49.4 Å². The summed E-state index contributed by atoms with van der Waals surface area (Å²) in [6, 6.07) is 15.6. The zero-order chi connectivity index (χ0) is 12.5. The molecule has 0 heterocycles. The zero-order valence-corrected chi connectivity index (χ0v) is 10.8. The molecule has 1 nitrogen and oxygen atoms in total. The van der Waals surface area contributed by atoms with Gasteiger partial charge in [-0.25, -0.2) is 0 Å². The average molecular weight is 237 g/mol. The van der Waals surface area contributed by atoms with Gasteiger partial charge in [0.25, 0.3) is 0 Å². The molecule has 0 amide bonds. The molecule has 1 aliphatic carbocycles. The zero-order valence-electron chi connectivity index (χ0n) is 10.8. The Kier molecular flexibility index (Phi) is 2.92. The smallest absolute Gasteiger partial charge is 0.0300 e. The number of benzene rings is 2. The van der Waals surface area contributed by atoms with Crippen LogP contribution in [0.25, 0.3) is 11.1 Å². The molecule has 1 heteroatoms. The summed E-state index contributed by atoms with van der Waals surface area (Å²) in [5.41, 5.74) is 13.0. The monoisotopic (exact) mass is 237 g/mol. The number of fused-ring (bicyclic) bond motifs is 1. The maximum absolute atomic E-state index is 6.15. The largest absolute Gasteiger partial charge is 0.324 e. The minimum absolute atomic E-state index is 0.231. The second-order valence-corrected chi connectivity index (χ2v) is 5.07. The van der Waals surface area contributed by atoms with Gasteiger partial charge in [0, 0.05) is 6.04 Å². The van der Waals surface area contributed by atoms with Crippen molar-refractivity contribution in [3.05, 3.63) is 59.2 Å². The molecule has 2 aromatic rings. The van der Waals surface area contributed by atoms with Crippen molar-refractivity contribution in [2.45, 2.75) is 32.2 Å². The molecule has 1 aliphatic rings. The number of hydrogen-bond donors (Lipinski definition) is 1. The van der Waals surface area contributed by atoms with E-state index in [1.807, 2.05) is 0 Å². The molecular formula is C17H19N. The Morgan fingerprint density at radius 3 is 2.83 bits per heavy atom. The normalized spacial score (nSPS) is 17.8. The lowest BCUT2D eigenvalue weighted by molar-refractivity contribution is 0.713. The maximum Gasteiger partial charge on any atom is 0.0300 e. The highest BCUT2D eigenvalue weighted by atomic mass is 14.6. The van der Waals surface area contributed by atoms with E-state index >= 15 is 0 Å². The number of aryl methyl sites for hydroxylation is 1. The highest BCUT2D eigenvalue weighted by molar-refractivity contribution is 5.70. The Hall–Kier alpha value is -1.60. The fraction of sp³-hybridized carbons (Fsp3) is 0.294. The van der Waals surface area contributed by atoms with E-state index in [2.05, 4.69) is 49.4 Å². The third-order valence-corrected chi connectivity index (χ3v) is 3.96. The molecule has 0 radical (unpaired) electrons. The highest BCUT2D eigenvalue weighted by Crippen LogP contribution is 2.36. The van der Waals surface area contributed by atoms with Crippen LogP contribution in [0.3, 0.4) is 0 Å². The summed E-state index contributed by atoms with van der Waals surface area (Å²) in [6.45, 7) is 2.20. The highest BCUT2D eigenvalue weighted by Gasteiger charge is 2.21. The van der Waals surface area contributed by atoms with E-state index in [0.717, 1.165) is 19.3 Å². The quantitative estimate of drug-likeness (QED) is 0.843. The van der Waals surface area contributed by atoms with Gasteiger partial charge in [0.1, 0.15) is 0 Å². The SMILES string of the molecule is CCc1cccc(-c2cccc3c2CCC3N)c1. The van der Waals surface area contributed by atoms with Crippen molar-refractivity contribution in [3.8, 4) is 11.1 Å². The first-order valence-electron chi connectivity index (χ1n) is 6.76. The van der Waals surface area contributed by atoms with Crippen LogP contribution in [0.1, 0.15) is 36.1 Å². The van der Waals surface area contributed by atoms with Gasteiger partial charge in [0.15, 0.2) is 0 Å². The van der Waals surface area contributed by atoms with E-state index < -0.39 is 0 Å². The summed E-state index contributed by atoms with van der Waals surface area (Å²) in [4.78, 5) is 0. The van der Waals surface area contributed by atoms with Crippen LogP contribution in [-0.4, -0.2) is 0 Å². The Balaban J connectivity index is 2.12. The van der Waals surface area contributed by atoms with Gasteiger partial charge < -0.3 is 5.73 Å². The molecule has 3 rings (SSSR count). The molecule has 0 saturated heterocycles. The fourth-order valence-electron chi connectivity index (χ4n) is 2.92. The van der Waals surface area contributed by atoms with Crippen LogP contribution in [-0.2, 0) is 12.8 Å². The second kappa shape index (κ2) is 4.58. The standard InChI is InChI=1S/C17H19N/c1-2-12-5-3-6-13(11-12)14-7-4-8-16-15(14)9-10-17(16)18/h3-8,11,17H,2,9-10,18H2,1H3. The molecule has 0 aromatic heterocycles. The Morgan fingerprint density at radius 2 is 2.00 bits per heavy atom. The van der Waals surface area contributed by atoms with Crippen LogP contribution >= 0.6 is 0 Å². The number of rotatable bonds is 2. The summed E-state index contributed by atoms with van der Waals surface area (Å²) in [5, 5.41) is 0. The van der Waals surface area contributed by atoms with Crippen LogP contribution in [0.2, 0.25) is 0 Å². The molecule has 92 valence electrons. The van der Waals surface area contributed by atoms with Gasteiger partial charge in [-0.15, -0.1) is 0 Å². The van der Waals surface area contributed by atoms with Crippen LogP contribution in [0, 0.1) is 0 Å². The van der Waals surface area contributed by atoms with Crippen molar-refractivity contribution in [3.63, 3.8) is 0 Å². The third-order valence-electron chi connectivity index (χ3n) is 3.96. The van der Waals surface area contributed by atoms with Crippen LogP contribution in [0.4, 0.5) is 0 Å². The Bertz CT molecular complexity index is 572. The van der Waals surface area contributed by atoms with Gasteiger partial charge >= 0.3 is 0 Å². The van der Waals surface area contributed by atoms with Crippen molar-refractivity contribution in [2.75, 3.05) is 0 Å². The van der Waals surface area contributed by atoms with Crippen molar-refractivity contribution in [2.24, 2.45) is 5.73 Å². The summed E-state index contributed by atoms with van der Waals surface area (Å²) in [7, 11) is 0. The van der Waals surface area contributed by atoms with Gasteiger partial charge in [-0.3, -0.25) is 0 Å². The van der Waals surface area contributed by atoms with Gasteiger partial charge in [-0.05, 0) is 47.1 Å². The van der Waals surface area contributed by atoms with Gasteiger partial charge in [0.05, 0.1) is 0 Å². The molecule has 0 fully saturated rings. The molecule has 0 spiro atoms. The topological polar surface area (TPSA) is 26.0 Å². The van der Waals surface area contributed by atoms with Gasteiger partial charge in [0.2, 0.25) is 0 Å². The van der Waals surface area contributed by atoms with Gasteiger partial charge in [-0.2, -0.15) is 0 Å². The Morgan fingerprint density at radius 1 is 1.17 bits per heavy atom. The predicted octanol–water partition coefficient (Wildman–Crippen LogP) is 3.86. The lowest BCUT2D eigenvalue weighted by Gasteiger charge is -2.11. The first-order valence-corrected chi connectivity index (χ1v) is 6.76. The fourth-order valence-corrected chi connectivity index (χ4v) is 2.92. The van der Waals surface area contributed by atoms with E-state index in [1.165, 1.54) is 27.8 Å². The molecule has 2 aromatic carbocycles. The summed E-state index contributed by atoms with van der Waals surface area (Å²) >= 11 is 0. The lowest BCUT2D eigenvalue weighted by Crippen LogP contribution is -2.04. The molecular weight excluding hydrogens is 218 g/mol. The van der Waals surface area contributed by atoms with Crippen LogP contribution in [0.5, 0.6) is 0 Å². The number of hydrogen-bond acceptors (Lipinski definition) is 1. The maximum atomic E-state index is 6.15. The molecule has 1 unspecified atom stereocenters. The minimum atomic E-state index is 0.231. The minimum Gasteiger partial charge on any atom is -0.324 e. The summed E-state index contributed by atoms with van der Waals surface area (Å²) in [6.07, 6.45) is 3.28. The lowest BCUT2D eigenvalue weighted by atomic mass is 9.95. The molecule has 0 bridgehead atoms. The summed E-state index contributed by atoms with van der Waals surface area (Å²) in [5.74, 6) is 0. The van der Waals surface area contributed by atoms with E-state index in [9.17, 15) is 0 Å². The van der Waals surface area contributed by atoms with E-state index in [0.29, 0.717) is 0 Å². The van der Waals surface area contributed by atoms with Crippen LogP contribution < -0.4 is 5.73 Å². The van der Waals surface area contributed by atoms with Crippen molar-refractivity contribution in [1.29, 1.82) is 0 Å². The molecule has 2 N–H and O–H groups in total.